The maximum atomic E-state index is 12.7. The quantitative estimate of drug-likeness (QED) is 0.793. The number of fused-ring (bicyclic) bond motifs is 1. The summed E-state index contributed by atoms with van der Waals surface area (Å²) in [4.78, 5) is 0.340. The number of aryl methyl sites for hydroxylation is 1. The van der Waals surface area contributed by atoms with Gasteiger partial charge in [0.25, 0.3) is 0 Å². The van der Waals surface area contributed by atoms with E-state index in [4.69, 9.17) is 0 Å². The molecule has 3 rings (SSSR count). The van der Waals surface area contributed by atoms with Crippen LogP contribution in [0.25, 0.3) is 0 Å². The first-order valence-corrected chi connectivity index (χ1v) is 9.22. The standard InChI is InChI=1S/C14H24N4O2S/c1-15-6-3-7-17-11-14(8-16-17)21(19,20)18-9-12-4-2-5-13(12)10-18/h8,11-13,15H,2-7,9-10H2,1H3. The van der Waals surface area contributed by atoms with Crippen molar-refractivity contribution in [2.24, 2.45) is 11.8 Å². The summed E-state index contributed by atoms with van der Waals surface area (Å²) < 4.78 is 28.7. The van der Waals surface area contributed by atoms with E-state index in [1.54, 1.807) is 15.2 Å². The fourth-order valence-electron chi connectivity index (χ4n) is 3.56. The minimum absolute atomic E-state index is 0.340. The van der Waals surface area contributed by atoms with Gasteiger partial charge in [0.05, 0.1) is 6.20 Å². The Labute approximate surface area is 126 Å². The Kier molecular flexibility index (Phi) is 4.33. The molecule has 21 heavy (non-hydrogen) atoms. The zero-order chi connectivity index (χ0) is 14.9. The highest BCUT2D eigenvalue weighted by atomic mass is 32.2. The van der Waals surface area contributed by atoms with Crippen molar-refractivity contribution in [3.8, 4) is 0 Å². The molecule has 1 aliphatic heterocycles. The average molecular weight is 312 g/mol. The number of hydrogen-bond acceptors (Lipinski definition) is 4. The van der Waals surface area contributed by atoms with Crippen LogP contribution in [0.2, 0.25) is 0 Å². The summed E-state index contributed by atoms with van der Waals surface area (Å²) >= 11 is 0. The van der Waals surface area contributed by atoms with Gasteiger partial charge in [-0.05, 0) is 44.7 Å². The number of hydrogen-bond donors (Lipinski definition) is 1. The smallest absolute Gasteiger partial charge is 0.246 e. The van der Waals surface area contributed by atoms with Gasteiger partial charge in [-0.1, -0.05) is 6.42 Å². The highest BCUT2D eigenvalue weighted by molar-refractivity contribution is 7.89. The van der Waals surface area contributed by atoms with E-state index in [9.17, 15) is 8.42 Å². The summed E-state index contributed by atoms with van der Waals surface area (Å²) in [5.41, 5.74) is 0. The number of sulfonamides is 1. The molecule has 1 aromatic heterocycles. The molecule has 1 saturated heterocycles. The van der Waals surface area contributed by atoms with Gasteiger partial charge in [0.15, 0.2) is 0 Å². The summed E-state index contributed by atoms with van der Waals surface area (Å²) in [7, 11) is -1.45. The Balaban J connectivity index is 1.67. The molecule has 2 fully saturated rings. The lowest BCUT2D eigenvalue weighted by Gasteiger charge is -2.15. The van der Waals surface area contributed by atoms with Crippen LogP contribution in [-0.2, 0) is 16.6 Å². The summed E-state index contributed by atoms with van der Waals surface area (Å²) in [6, 6.07) is 0. The Bertz CT molecular complexity index is 572. The second-order valence-electron chi connectivity index (χ2n) is 6.17. The molecule has 1 aliphatic carbocycles. The SMILES string of the molecule is CNCCCn1cc(S(=O)(=O)N2CC3CCCC3C2)cn1. The van der Waals surface area contributed by atoms with Crippen LogP contribution in [-0.4, -0.2) is 49.2 Å². The Morgan fingerprint density at radius 1 is 1.33 bits per heavy atom. The molecule has 7 heteroatoms. The highest BCUT2D eigenvalue weighted by Crippen LogP contribution is 2.39. The first-order chi connectivity index (χ1) is 10.1. The zero-order valence-corrected chi connectivity index (χ0v) is 13.3. The van der Waals surface area contributed by atoms with Crippen LogP contribution in [0.5, 0.6) is 0 Å². The zero-order valence-electron chi connectivity index (χ0n) is 12.5. The van der Waals surface area contributed by atoms with E-state index in [0.29, 0.717) is 29.8 Å². The lowest BCUT2D eigenvalue weighted by molar-refractivity contribution is 0.445. The topological polar surface area (TPSA) is 67.2 Å². The molecule has 1 N–H and O–H groups in total. The molecule has 6 nitrogen and oxygen atoms in total. The largest absolute Gasteiger partial charge is 0.320 e. The third-order valence-electron chi connectivity index (χ3n) is 4.75. The van der Waals surface area contributed by atoms with E-state index in [1.165, 1.54) is 25.5 Å². The van der Waals surface area contributed by atoms with Crippen LogP contribution in [0.15, 0.2) is 17.3 Å². The van der Waals surface area contributed by atoms with Gasteiger partial charge in [0.2, 0.25) is 10.0 Å². The van der Waals surface area contributed by atoms with E-state index < -0.39 is 10.0 Å². The Morgan fingerprint density at radius 2 is 2.05 bits per heavy atom. The van der Waals surface area contributed by atoms with E-state index in [1.807, 2.05) is 7.05 Å². The van der Waals surface area contributed by atoms with E-state index in [-0.39, 0.29) is 0 Å². The monoisotopic (exact) mass is 312 g/mol. The molecule has 1 aromatic rings. The molecule has 0 bridgehead atoms. The molecule has 0 spiro atoms. The van der Waals surface area contributed by atoms with E-state index in [0.717, 1.165) is 19.5 Å². The summed E-state index contributed by atoms with van der Waals surface area (Å²) in [5, 5.41) is 7.26. The average Bonchev–Trinajstić information content (AvgIpc) is 3.14. The van der Waals surface area contributed by atoms with Crippen LogP contribution < -0.4 is 5.32 Å². The second kappa shape index (κ2) is 6.06. The van der Waals surface area contributed by atoms with Crippen molar-refractivity contribution in [1.29, 1.82) is 0 Å². The number of nitrogens with zero attached hydrogens (tertiary/aromatic N) is 3. The lowest BCUT2D eigenvalue weighted by Crippen LogP contribution is -2.29. The molecular formula is C14H24N4O2S. The normalized spacial score (nSPS) is 26.3. The van der Waals surface area contributed by atoms with Crippen LogP contribution in [0.1, 0.15) is 25.7 Å². The minimum Gasteiger partial charge on any atom is -0.320 e. The van der Waals surface area contributed by atoms with E-state index >= 15 is 0 Å². The van der Waals surface area contributed by atoms with E-state index in [2.05, 4.69) is 10.4 Å². The third kappa shape index (κ3) is 3.00. The van der Waals surface area contributed by atoms with Crippen molar-refractivity contribution in [1.82, 2.24) is 19.4 Å². The molecule has 2 atom stereocenters. The molecule has 2 unspecified atom stereocenters. The minimum atomic E-state index is -3.36. The predicted molar refractivity (Wildman–Crippen MR) is 80.4 cm³/mol. The maximum Gasteiger partial charge on any atom is 0.246 e. The first kappa shape index (κ1) is 15.0. The number of aromatic nitrogens is 2. The summed E-state index contributed by atoms with van der Waals surface area (Å²) in [5.74, 6) is 1.15. The van der Waals surface area contributed by atoms with Crippen molar-refractivity contribution in [2.45, 2.75) is 37.1 Å². The van der Waals surface area contributed by atoms with Crippen molar-refractivity contribution in [2.75, 3.05) is 26.7 Å². The Hall–Kier alpha value is -0.920. The third-order valence-corrected chi connectivity index (χ3v) is 6.54. The van der Waals surface area contributed by atoms with Crippen LogP contribution in [0.4, 0.5) is 0 Å². The highest BCUT2D eigenvalue weighted by Gasteiger charge is 2.41. The van der Waals surface area contributed by atoms with Gasteiger partial charge in [0, 0.05) is 25.8 Å². The van der Waals surface area contributed by atoms with Gasteiger partial charge in [0.1, 0.15) is 4.90 Å². The van der Waals surface area contributed by atoms with Gasteiger partial charge in [-0.15, -0.1) is 0 Å². The molecule has 0 aromatic carbocycles. The van der Waals surface area contributed by atoms with Gasteiger partial charge in [-0.25, -0.2) is 8.42 Å². The van der Waals surface area contributed by atoms with Crippen molar-refractivity contribution in [3.05, 3.63) is 12.4 Å². The number of rotatable bonds is 6. The maximum absolute atomic E-state index is 12.7. The second-order valence-corrected chi connectivity index (χ2v) is 8.11. The van der Waals surface area contributed by atoms with Crippen molar-refractivity contribution < 1.29 is 8.42 Å². The van der Waals surface area contributed by atoms with Crippen molar-refractivity contribution in [3.63, 3.8) is 0 Å². The molecule has 0 amide bonds. The van der Waals surface area contributed by atoms with Gasteiger partial charge >= 0.3 is 0 Å². The fourth-order valence-corrected chi connectivity index (χ4v) is 5.06. The first-order valence-electron chi connectivity index (χ1n) is 7.78. The molecule has 2 heterocycles. The van der Waals surface area contributed by atoms with Gasteiger partial charge in [-0.3, -0.25) is 4.68 Å². The van der Waals surface area contributed by atoms with Gasteiger partial charge < -0.3 is 5.32 Å². The number of nitrogens with one attached hydrogen (secondary N) is 1. The van der Waals surface area contributed by atoms with Crippen LogP contribution in [0, 0.1) is 11.8 Å². The predicted octanol–water partition coefficient (Wildman–Crippen LogP) is 0.913. The lowest BCUT2D eigenvalue weighted by atomic mass is 10.0. The molecule has 118 valence electrons. The molecule has 1 saturated carbocycles. The molecular weight excluding hydrogens is 288 g/mol. The summed E-state index contributed by atoms with van der Waals surface area (Å²) in [6.45, 7) is 3.02. The summed E-state index contributed by atoms with van der Waals surface area (Å²) in [6.07, 6.45) is 7.71. The molecule has 2 aliphatic rings. The van der Waals surface area contributed by atoms with Crippen molar-refractivity contribution >= 4 is 10.0 Å². The van der Waals surface area contributed by atoms with Gasteiger partial charge in [-0.2, -0.15) is 9.40 Å². The fraction of sp³-hybridized carbons (Fsp3) is 0.786. The van der Waals surface area contributed by atoms with Crippen LogP contribution >= 0.6 is 0 Å². The Morgan fingerprint density at radius 3 is 2.71 bits per heavy atom. The molecule has 0 radical (unpaired) electrons. The van der Waals surface area contributed by atoms with Crippen LogP contribution in [0.3, 0.4) is 0 Å².